The lowest BCUT2D eigenvalue weighted by Crippen LogP contribution is -2.53. The Kier molecular flexibility index (Phi) is 1.66. The smallest absolute Gasteiger partial charge is 0.0945 e. The average Bonchev–Trinajstić information content (AvgIpc) is 2.36. The fourth-order valence-electron chi connectivity index (χ4n) is 1.59. The molecule has 66 valence electrons. The molecular weight excluding hydrogens is 154 g/mol. The Bertz CT molecular complexity index is 272. The first kappa shape index (κ1) is 7.76. The summed E-state index contributed by atoms with van der Waals surface area (Å²) in [5.41, 5.74) is 6.92. The lowest BCUT2D eigenvalue weighted by atomic mass is 9.83. The number of aromatic nitrogens is 2. The van der Waals surface area contributed by atoms with E-state index in [2.05, 4.69) is 4.98 Å². The summed E-state index contributed by atoms with van der Waals surface area (Å²) in [6.45, 7) is 2.08. The van der Waals surface area contributed by atoms with Gasteiger partial charge in [-0.25, -0.2) is 4.98 Å². The molecular formula is C8H13N3O. The summed E-state index contributed by atoms with van der Waals surface area (Å²) in [7, 11) is 1.98. The Hall–Kier alpha value is -0.870. The number of hydrogen-bond acceptors (Lipinski definition) is 3. The number of ether oxygens (including phenoxy) is 1. The molecule has 1 aliphatic heterocycles. The molecule has 0 aliphatic carbocycles. The van der Waals surface area contributed by atoms with Crippen LogP contribution in [0.25, 0.3) is 0 Å². The van der Waals surface area contributed by atoms with Crippen molar-refractivity contribution in [2.45, 2.75) is 5.41 Å². The average molecular weight is 167 g/mol. The third-order valence-corrected chi connectivity index (χ3v) is 2.51. The maximum Gasteiger partial charge on any atom is 0.0945 e. The zero-order valence-electron chi connectivity index (χ0n) is 7.16. The molecule has 4 heteroatoms. The van der Waals surface area contributed by atoms with E-state index in [9.17, 15) is 0 Å². The number of rotatable bonds is 2. The van der Waals surface area contributed by atoms with Crippen LogP contribution < -0.4 is 5.73 Å². The van der Waals surface area contributed by atoms with Gasteiger partial charge in [0.05, 0.1) is 25.0 Å². The lowest BCUT2D eigenvalue weighted by molar-refractivity contribution is -0.0584. The number of nitrogens with two attached hydrogens (primary N) is 1. The predicted octanol–water partition coefficient (Wildman–Crippen LogP) is -0.353. The van der Waals surface area contributed by atoms with E-state index < -0.39 is 0 Å². The molecule has 0 unspecified atom stereocenters. The Morgan fingerprint density at radius 3 is 2.83 bits per heavy atom. The van der Waals surface area contributed by atoms with Gasteiger partial charge in [-0.05, 0) is 0 Å². The van der Waals surface area contributed by atoms with Gasteiger partial charge in [-0.3, -0.25) is 0 Å². The normalized spacial score (nSPS) is 20.5. The topological polar surface area (TPSA) is 53.1 Å². The van der Waals surface area contributed by atoms with Crippen molar-refractivity contribution in [2.75, 3.05) is 19.8 Å². The second kappa shape index (κ2) is 2.57. The van der Waals surface area contributed by atoms with E-state index in [1.54, 1.807) is 6.33 Å². The molecule has 2 rings (SSSR count). The van der Waals surface area contributed by atoms with E-state index in [1.807, 2.05) is 17.8 Å². The van der Waals surface area contributed by atoms with Crippen molar-refractivity contribution in [1.82, 2.24) is 9.55 Å². The first-order valence-corrected chi connectivity index (χ1v) is 4.03. The van der Waals surface area contributed by atoms with Gasteiger partial charge in [0.1, 0.15) is 0 Å². The summed E-state index contributed by atoms with van der Waals surface area (Å²) in [4.78, 5) is 4.07. The third kappa shape index (κ3) is 0.884. The Morgan fingerprint density at radius 2 is 2.50 bits per heavy atom. The van der Waals surface area contributed by atoms with Crippen molar-refractivity contribution in [2.24, 2.45) is 12.8 Å². The predicted molar refractivity (Wildman–Crippen MR) is 44.8 cm³/mol. The van der Waals surface area contributed by atoms with Gasteiger partial charge in [0.2, 0.25) is 0 Å². The molecule has 0 saturated carbocycles. The molecule has 0 spiro atoms. The van der Waals surface area contributed by atoms with Crippen molar-refractivity contribution < 1.29 is 4.74 Å². The highest BCUT2D eigenvalue weighted by molar-refractivity contribution is 5.19. The lowest BCUT2D eigenvalue weighted by Gasteiger charge is -2.40. The molecule has 0 aromatic carbocycles. The Balaban J connectivity index is 2.33. The first-order valence-electron chi connectivity index (χ1n) is 4.03. The Morgan fingerprint density at radius 1 is 1.75 bits per heavy atom. The van der Waals surface area contributed by atoms with Gasteiger partial charge in [0.25, 0.3) is 0 Å². The molecule has 0 atom stereocenters. The minimum Gasteiger partial charge on any atom is -0.379 e. The van der Waals surface area contributed by atoms with E-state index in [4.69, 9.17) is 10.5 Å². The van der Waals surface area contributed by atoms with E-state index >= 15 is 0 Å². The third-order valence-electron chi connectivity index (χ3n) is 2.51. The molecule has 4 nitrogen and oxygen atoms in total. The second-order valence-electron chi connectivity index (χ2n) is 3.37. The molecule has 1 aromatic rings. The molecule has 0 radical (unpaired) electrons. The van der Waals surface area contributed by atoms with Crippen LogP contribution in [0.3, 0.4) is 0 Å². The zero-order chi connectivity index (χ0) is 8.60. The number of nitrogens with zero attached hydrogens (tertiary/aromatic N) is 2. The van der Waals surface area contributed by atoms with Crippen molar-refractivity contribution in [3.05, 3.63) is 18.2 Å². The van der Waals surface area contributed by atoms with Gasteiger partial charge in [-0.15, -0.1) is 0 Å². The van der Waals surface area contributed by atoms with Gasteiger partial charge in [-0.1, -0.05) is 0 Å². The quantitative estimate of drug-likeness (QED) is 0.655. The summed E-state index contributed by atoms with van der Waals surface area (Å²) in [5, 5.41) is 0. The largest absolute Gasteiger partial charge is 0.379 e. The summed E-state index contributed by atoms with van der Waals surface area (Å²) in [5.74, 6) is 0. The van der Waals surface area contributed by atoms with Gasteiger partial charge >= 0.3 is 0 Å². The molecule has 12 heavy (non-hydrogen) atoms. The van der Waals surface area contributed by atoms with E-state index in [0.29, 0.717) is 6.54 Å². The maximum absolute atomic E-state index is 5.71. The van der Waals surface area contributed by atoms with Crippen molar-refractivity contribution in [1.29, 1.82) is 0 Å². The standard InChI is InChI=1S/C8H13N3O/c1-11-6-10-2-7(11)8(3-9)4-12-5-8/h2,6H,3-5,9H2,1H3. The van der Waals surface area contributed by atoms with Crippen molar-refractivity contribution in [3.8, 4) is 0 Å². The van der Waals surface area contributed by atoms with Crippen LogP contribution in [0.15, 0.2) is 12.5 Å². The number of imidazole rings is 1. The Labute approximate surface area is 71.3 Å². The maximum atomic E-state index is 5.71. The highest BCUT2D eigenvalue weighted by Gasteiger charge is 2.41. The van der Waals surface area contributed by atoms with Crippen LogP contribution in [0, 0.1) is 0 Å². The molecule has 2 N–H and O–H groups in total. The van der Waals surface area contributed by atoms with Crippen LogP contribution in [-0.4, -0.2) is 29.3 Å². The number of aryl methyl sites for hydroxylation is 1. The van der Waals surface area contributed by atoms with Crippen molar-refractivity contribution >= 4 is 0 Å². The second-order valence-corrected chi connectivity index (χ2v) is 3.37. The van der Waals surface area contributed by atoms with Gasteiger partial charge < -0.3 is 15.0 Å². The fraction of sp³-hybridized carbons (Fsp3) is 0.625. The highest BCUT2D eigenvalue weighted by Crippen LogP contribution is 2.30. The molecule has 1 aliphatic rings. The van der Waals surface area contributed by atoms with Gasteiger partial charge in [0, 0.05) is 25.5 Å². The van der Waals surface area contributed by atoms with E-state index in [0.717, 1.165) is 13.2 Å². The van der Waals surface area contributed by atoms with Crippen LogP contribution >= 0.6 is 0 Å². The molecule has 2 heterocycles. The van der Waals surface area contributed by atoms with Crippen LogP contribution in [0.1, 0.15) is 5.69 Å². The van der Waals surface area contributed by atoms with Crippen LogP contribution in [0.5, 0.6) is 0 Å². The zero-order valence-corrected chi connectivity index (χ0v) is 7.16. The molecule has 1 fully saturated rings. The SMILES string of the molecule is Cn1cncc1C1(CN)COC1. The van der Waals surface area contributed by atoms with Crippen molar-refractivity contribution in [3.63, 3.8) is 0 Å². The van der Waals surface area contributed by atoms with Crippen LogP contribution in [0.2, 0.25) is 0 Å². The first-order chi connectivity index (χ1) is 5.78. The molecule has 1 saturated heterocycles. The highest BCUT2D eigenvalue weighted by atomic mass is 16.5. The summed E-state index contributed by atoms with van der Waals surface area (Å²) in [6.07, 6.45) is 3.67. The van der Waals surface area contributed by atoms with Gasteiger partial charge in [0.15, 0.2) is 0 Å². The fourth-order valence-corrected chi connectivity index (χ4v) is 1.59. The molecule has 1 aromatic heterocycles. The van der Waals surface area contributed by atoms with E-state index in [1.165, 1.54) is 5.69 Å². The van der Waals surface area contributed by atoms with E-state index in [-0.39, 0.29) is 5.41 Å². The molecule has 0 amide bonds. The minimum absolute atomic E-state index is 0.0330. The summed E-state index contributed by atoms with van der Waals surface area (Å²) < 4.78 is 7.20. The van der Waals surface area contributed by atoms with Crippen LogP contribution in [-0.2, 0) is 17.2 Å². The summed E-state index contributed by atoms with van der Waals surface area (Å²) in [6, 6.07) is 0. The van der Waals surface area contributed by atoms with Gasteiger partial charge in [-0.2, -0.15) is 0 Å². The molecule has 0 bridgehead atoms. The minimum atomic E-state index is 0.0330. The monoisotopic (exact) mass is 167 g/mol. The van der Waals surface area contributed by atoms with Crippen LogP contribution in [0.4, 0.5) is 0 Å². The number of hydrogen-bond donors (Lipinski definition) is 1. The summed E-state index contributed by atoms with van der Waals surface area (Å²) >= 11 is 0.